The molecule has 0 radical (unpaired) electrons. The van der Waals surface area contributed by atoms with Crippen molar-refractivity contribution in [3.63, 3.8) is 0 Å². The van der Waals surface area contributed by atoms with Crippen molar-refractivity contribution in [3.05, 3.63) is 101 Å². The average Bonchev–Trinajstić information content (AvgIpc) is 2.65. The maximum absolute atomic E-state index is 6.27. The maximum Gasteiger partial charge on any atom is 0.205 e. The molecule has 2 aromatic carbocycles. The molecule has 0 aliphatic carbocycles. The monoisotopic (exact) mass is 340 g/mol. The largest absolute Gasteiger partial charge is 0.456 e. The van der Waals surface area contributed by atoms with Crippen LogP contribution in [0.15, 0.2) is 72.9 Å². The maximum atomic E-state index is 6.27. The minimum absolute atomic E-state index is 0.881. The van der Waals surface area contributed by atoms with Gasteiger partial charge in [0, 0.05) is 29.3 Å². The number of hydrogen-bond acceptors (Lipinski definition) is 1. The first-order chi connectivity index (χ1) is 12.6. The molecule has 0 fully saturated rings. The summed E-state index contributed by atoms with van der Waals surface area (Å²) in [4.78, 5) is 0. The number of aryl methyl sites for hydroxylation is 3. The summed E-state index contributed by atoms with van der Waals surface area (Å²) < 4.78 is 8.39. The van der Waals surface area contributed by atoms with Gasteiger partial charge >= 0.3 is 0 Å². The van der Waals surface area contributed by atoms with E-state index in [1.165, 1.54) is 11.1 Å². The lowest BCUT2D eigenvalue weighted by Gasteiger charge is -2.22. The fourth-order valence-electron chi connectivity index (χ4n) is 3.18. The van der Waals surface area contributed by atoms with Crippen LogP contribution in [-0.4, -0.2) is 0 Å². The lowest BCUT2D eigenvalue weighted by molar-refractivity contribution is -0.673. The number of nitrogens with zero attached hydrogens (tertiary/aromatic N) is 1. The zero-order chi connectivity index (χ0) is 18.1. The molecular weight excluding hydrogens is 318 g/mol. The Hall–Kier alpha value is -3.13. The summed E-state index contributed by atoms with van der Waals surface area (Å²) >= 11 is 0. The molecule has 0 spiro atoms. The standard InChI is InChI=1S/C24H22NO/c1-17-13-22-20(15-21-11-7-8-12-25(21)3)16-23(19-9-5-4-6-10-19)26-24(22)14-18(17)2/h4-16H,1-3H3/q+1/b20-15+. The van der Waals surface area contributed by atoms with Crippen LogP contribution in [0.25, 0.3) is 17.4 Å². The third kappa shape index (κ3) is 3.06. The van der Waals surface area contributed by atoms with Crippen molar-refractivity contribution in [3.8, 4) is 5.75 Å². The topological polar surface area (TPSA) is 13.1 Å². The summed E-state index contributed by atoms with van der Waals surface area (Å²) in [6.45, 7) is 4.27. The highest BCUT2D eigenvalue weighted by Crippen LogP contribution is 2.39. The van der Waals surface area contributed by atoms with Crippen molar-refractivity contribution in [1.82, 2.24) is 0 Å². The summed E-state index contributed by atoms with van der Waals surface area (Å²) in [7, 11) is 2.06. The van der Waals surface area contributed by atoms with Crippen molar-refractivity contribution in [2.75, 3.05) is 0 Å². The number of rotatable bonds is 2. The van der Waals surface area contributed by atoms with Crippen LogP contribution in [0.4, 0.5) is 0 Å². The number of fused-ring (bicyclic) bond motifs is 1. The fraction of sp³-hybridized carbons (Fsp3) is 0.125. The van der Waals surface area contributed by atoms with Gasteiger partial charge in [0.25, 0.3) is 0 Å². The number of pyridine rings is 1. The van der Waals surface area contributed by atoms with Crippen LogP contribution in [0.5, 0.6) is 5.75 Å². The molecule has 0 saturated heterocycles. The Labute approximate surface area is 154 Å². The highest BCUT2D eigenvalue weighted by atomic mass is 16.5. The van der Waals surface area contributed by atoms with Gasteiger partial charge in [-0.15, -0.1) is 0 Å². The molecule has 1 aliphatic rings. The average molecular weight is 340 g/mol. The molecule has 0 unspecified atom stereocenters. The van der Waals surface area contributed by atoms with E-state index in [0.717, 1.165) is 33.9 Å². The second kappa shape index (κ2) is 6.64. The van der Waals surface area contributed by atoms with E-state index in [0.29, 0.717) is 0 Å². The van der Waals surface area contributed by atoms with Crippen molar-refractivity contribution < 1.29 is 9.30 Å². The molecular formula is C24H22NO+. The quantitative estimate of drug-likeness (QED) is 0.591. The summed E-state index contributed by atoms with van der Waals surface area (Å²) in [5, 5.41) is 0. The van der Waals surface area contributed by atoms with Gasteiger partial charge in [-0.3, -0.25) is 0 Å². The normalized spacial score (nSPS) is 14.6. The zero-order valence-corrected chi connectivity index (χ0v) is 15.4. The molecule has 4 rings (SSSR count). The molecule has 3 aromatic rings. The van der Waals surface area contributed by atoms with Crippen molar-refractivity contribution >= 4 is 17.4 Å². The first-order valence-corrected chi connectivity index (χ1v) is 8.85. The highest BCUT2D eigenvalue weighted by Gasteiger charge is 2.20. The molecule has 0 atom stereocenters. The minimum atomic E-state index is 0.881. The minimum Gasteiger partial charge on any atom is -0.456 e. The van der Waals surface area contributed by atoms with Gasteiger partial charge in [0.05, 0.1) is 0 Å². The van der Waals surface area contributed by atoms with Gasteiger partial charge in [0.2, 0.25) is 5.69 Å². The van der Waals surface area contributed by atoms with Crippen LogP contribution in [0.3, 0.4) is 0 Å². The Balaban J connectivity index is 1.91. The molecule has 2 heterocycles. The molecule has 0 bridgehead atoms. The number of benzene rings is 2. The van der Waals surface area contributed by atoms with E-state index in [9.17, 15) is 0 Å². The Bertz CT molecular complexity index is 1030. The van der Waals surface area contributed by atoms with Gasteiger partial charge in [-0.2, -0.15) is 0 Å². The Morgan fingerprint density at radius 3 is 2.38 bits per heavy atom. The first-order valence-electron chi connectivity index (χ1n) is 8.85. The Morgan fingerprint density at radius 2 is 1.62 bits per heavy atom. The second-order valence-electron chi connectivity index (χ2n) is 6.75. The third-order valence-corrected chi connectivity index (χ3v) is 4.87. The molecule has 1 aromatic heterocycles. The molecule has 1 aliphatic heterocycles. The van der Waals surface area contributed by atoms with Gasteiger partial charge in [-0.05, 0) is 54.8 Å². The molecule has 2 nitrogen and oxygen atoms in total. The van der Waals surface area contributed by atoms with Gasteiger partial charge in [0.1, 0.15) is 18.6 Å². The molecule has 128 valence electrons. The van der Waals surface area contributed by atoms with E-state index in [1.54, 1.807) is 0 Å². The van der Waals surface area contributed by atoms with Crippen LogP contribution in [-0.2, 0) is 7.05 Å². The Morgan fingerprint density at radius 1 is 0.885 bits per heavy atom. The van der Waals surface area contributed by atoms with E-state index >= 15 is 0 Å². The predicted molar refractivity (Wildman–Crippen MR) is 106 cm³/mol. The summed E-state index contributed by atoms with van der Waals surface area (Å²) in [5.41, 5.74) is 7.04. The zero-order valence-electron chi connectivity index (χ0n) is 15.4. The lowest BCUT2D eigenvalue weighted by Crippen LogP contribution is -2.30. The number of hydrogen-bond donors (Lipinski definition) is 0. The van der Waals surface area contributed by atoms with Crippen LogP contribution >= 0.6 is 0 Å². The van der Waals surface area contributed by atoms with Crippen LogP contribution < -0.4 is 9.30 Å². The van der Waals surface area contributed by atoms with Gasteiger partial charge in [-0.25, -0.2) is 4.57 Å². The van der Waals surface area contributed by atoms with E-state index in [4.69, 9.17) is 4.74 Å². The summed E-state index contributed by atoms with van der Waals surface area (Å²) in [5.74, 6) is 1.80. The van der Waals surface area contributed by atoms with Crippen LogP contribution in [0.1, 0.15) is 27.9 Å². The molecule has 0 amide bonds. The van der Waals surface area contributed by atoms with Crippen LogP contribution in [0, 0.1) is 13.8 Å². The summed E-state index contributed by atoms with van der Waals surface area (Å²) in [6.07, 6.45) is 6.42. The van der Waals surface area contributed by atoms with Gasteiger partial charge in [0.15, 0.2) is 6.20 Å². The fourth-order valence-corrected chi connectivity index (χ4v) is 3.18. The van der Waals surface area contributed by atoms with E-state index in [2.05, 4.69) is 80.2 Å². The molecule has 26 heavy (non-hydrogen) atoms. The van der Waals surface area contributed by atoms with Crippen molar-refractivity contribution in [1.29, 1.82) is 0 Å². The van der Waals surface area contributed by atoms with Crippen molar-refractivity contribution in [2.45, 2.75) is 13.8 Å². The van der Waals surface area contributed by atoms with E-state index in [1.807, 2.05) is 24.3 Å². The summed E-state index contributed by atoms with van der Waals surface area (Å²) in [6, 6.07) is 20.8. The Kier molecular flexibility index (Phi) is 4.18. The second-order valence-corrected chi connectivity index (χ2v) is 6.75. The molecule has 2 heteroatoms. The van der Waals surface area contributed by atoms with E-state index < -0.39 is 0 Å². The van der Waals surface area contributed by atoms with Crippen molar-refractivity contribution in [2.24, 2.45) is 7.05 Å². The first kappa shape index (κ1) is 16.3. The highest BCUT2D eigenvalue weighted by molar-refractivity contribution is 5.95. The smallest absolute Gasteiger partial charge is 0.205 e. The number of allylic oxidation sites excluding steroid dienone is 2. The van der Waals surface area contributed by atoms with Gasteiger partial charge < -0.3 is 4.74 Å². The predicted octanol–water partition coefficient (Wildman–Crippen LogP) is 5.10. The lowest BCUT2D eigenvalue weighted by atomic mass is 9.95. The molecule has 0 N–H and O–H groups in total. The number of aromatic nitrogens is 1. The molecule has 0 saturated carbocycles. The third-order valence-electron chi connectivity index (χ3n) is 4.87. The number of ether oxygens (including phenoxy) is 1. The SMILES string of the molecule is Cc1cc2c(cc1C)/C(=C/c1cccc[n+]1C)C=C(c1ccccc1)O2. The van der Waals surface area contributed by atoms with E-state index in [-0.39, 0.29) is 0 Å². The van der Waals surface area contributed by atoms with Gasteiger partial charge in [-0.1, -0.05) is 30.3 Å². The van der Waals surface area contributed by atoms with Crippen LogP contribution in [0.2, 0.25) is 0 Å².